The molecule has 0 saturated heterocycles. The van der Waals surface area contributed by atoms with Gasteiger partial charge in [-0.25, -0.2) is 4.98 Å². The number of halogens is 3. The zero-order valence-corrected chi connectivity index (χ0v) is 14.6. The van der Waals surface area contributed by atoms with E-state index in [1.54, 1.807) is 18.5 Å². The summed E-state index contributed by atoms with van der Waals surface area (Å²) < 4.78 is 41.2. The predicted molar refractivity (Wildman–Crippen MR) is 89.1 cm³/mol. The van der Waals surface area contributed by atoms with Crippen LogP contribution in [0.3, 0.4) is 0 Å². The molecule has 1 aromatic carbocycles. The number of aryl methyl sites for hydroxylation is 1. The van der Waals surface area contributed by atoms with Gasteiger partial charge in [0.15, 0.2) is 0 Å². The van der Waals surface area contributed by atoms with Crippen LogP contribution in [-0.2, 0) is 13.1 Å². The maximum atomic E-state index is 12.4. The Morgan fingerprint density at radius 1 is 1.16 bits per heavy atom. The molecular formula is C17H23F3N4O. The number of hydrogen-bond acceptors (Lipinski definition) is 4. The molecule has 0 amide bonds. The maximum Gasteiger partial charge on any atom is 0.573 e. The second kappa shape index (κ2) is 8.35. The molecule has 0 radical (unpaired) electrons. The van der Waals surface area contributed by atoms with Crippen molar-refractivity contribution in [2.24, 2.45) is 0 Å². The van der Waals surface area contributed by atoms with Gasteiger partial charge in [-0.2, -0.15) is 0 Å². The minimum atomic E-state index is -4.69. The van der Waals surface area contributed by atoms with E-state index in [-0.39, 0.29) is 5.75 Å². The molecule has 5 nitrogen and oxygen atoms in total. The van der Waals surface area contributed by atoms with Crippen molar-refractivity contribution in [3.8, 4) is 5.75 Å². The molecule has 1 aromatic heterocycles. The molecule has 0 fully saturated rings. The zero-order valence-electron chi connectivity index (χ0n) is 14.6. The molecule has 1 heterocycles. The summed E-state index contributed by atoms with van der Waals surface area (Å²) in [5.74, 6) is -0.200. The first kappa shape index (κ1) is 19.3. The number of imidazole rings is 1. The van der Waals surface area contributed by atoms with E-state index in [2.05, 4.69) is 24.5 Å². The highest BCUT2D eigenvalue weighted by Gasteiger charge is 2.31. The van der Waals surface area contributed by atoms with Gasteiger partial charge in [0, 0.05) is 31.9 Å². The van der Waals surface area contributed by atoms with Crippen LogP contribution >= 0.6 is 0 Å². The third-order valence-electron chi connectivity index (χ3n) is 3.71. The first-order valence-electron chi connectivity index (χ1n) is 7.93. The summed E-state index contributed by atoms with van der Waals surface area (Å²) in [7, 11) is 3.96. The fourth-order valence-electron chi connectivity index (χ4n) is 2.41. The van der Waals surface area contributed by atoms with Gasteiger partial charge in [0.25, 0.3) is 0 Å². The number of likely N-dealkylation sites (N-methyl/N-ethyl adjacent to an activating group) is 1. The van der Waals surface area contributed by atoms with Crippen molar-refractivity contribution >= 4 is 0 Å². The van der Waals surface area contributed by atoms with Gasteiger partial charge in [-0.15, -0.1) is 13.2 Å². The molecule has 2 aromatic rings. The zero-order chi connectivity index (χ0) is 18.4. The van der Waals surface area contributed by atoms with E-state index >= 15 is 0 Å². The highest BCUT2D eigenvalue weighted by Crippen LogP contribution is 2.24. The molecule has 0 saturated carbocycles. The molecule has 8 heteroatoms. The molecule has 0 unspecified atom stereocenters. The molecule has 2 rings (SSSR count). The Hall–Kier alpha value is -2.06. The van der Waals surface area contributed by atoms with Crippen LogP contribution in [0.2, 0.25) is 0 Å². The van der Waals surface area contributed by atoms with Gasteiger partial charge in [0.2, 0.25) is 0 Å². The normalized spacial score (nSPS) is 12.2. The first-order chi connectivity index (χ1) is 11.7. The Balaban J connectivity index is 2.09. The SMILES string of the molecule is Cc1[nH]cnc1CN(CCN(C)C)Cc1cccc(OC(F)(F)F)c1. The number of rotatable bonds is 8. The second-order valence-corrected chi connectivity index (χ2v) is 6.18. The standard InChI is InChI=1S/C17H23F3N4O/c1-13-16(22-12-21-13)11-24(8-7-23(2)3)10-14-5-4-6-15(9-14)25-17(18,19)20/h4-6,9,12H,7-8,10-11H2,1-3H3,(H,21,22). The third-order valence-corrected chi connectivity index (χ3v) is 3.71. The van der Waals surface area contributed by atoms with E-state index in [1.807, 2.05) is 21.0 Å². The number of alkyl halides is 3. The number of benzene rings is 1. The smallest absolute Gasteiger partial charge is 0.406 e. The lowest BCUT2D eigenvalue weighted by atomic mass is 10.2. The summed E-state index contributed by atoms with van der Waals surface area (Å²) in [6, 6.07) is 6.09. The highest BCUT2D eigenvalue weighted by atomic mass is 19.4. The summed E-state index contributed by atoms with van der Waals surface area (Å²) in [5.41, 5.74) is 2.68. The number of nitrogens with zero attached hydrogens (tertiary/aromatic N) is 3. The summed E-state index contributed by atoms with van der Waals surface area (Å²) in [6.45, 7) is 4.68. The van der Waals surface area contributed by atoms with Gasteiger partial charge in [0.1, 0.15) is 5.75 Å². The lowest BCUT2D eigenvalue weighted by Crippen LogP contribution is -2.31. The van der Waals surface area contributed by atoms with Gasteiger partial charge in [-0.3, -0.25) is 4.90 Å². The Labute approximate surface area is 145 Å². The van der Waals surface area contributed by atoms with Gasteiger partial charge < -0.3 is 14.6 Å². The molecule has 0 atom stereocenters. The summed E-state index contributed by atoms with van der Waals surface area (Å²) in [6.07, 6.45) is -3.04. The lowest BCUT2D eigenvalue weighted by Gasteiger charge is -2.24. The van der Waals surface area contributed by atoms with Crippen molar-refractivity contribution in [2.75, 3.05) is 27.2 Å². The van der Waals surface area contributed by atoms with Gasteiger partial charge in [0.05, 0.1) is 12.0 Å². The second-order valence-electron chi connectivity index (χ2n) is 6.18. The molecule has 0 bridgehead atoms. The average Bonchev–Trinajstić information content (AvgIpc) is 2.88. The molecule has 0 spiro atoms. The molecule has 138 valence electrons. The van der Waals surface area contributed by atoms with Crippen LogP contribution in [0.1, 0.15) is 17.0 Å². The molecule has 0 aliphatic carbocycles. The molecular weight excluding hydrogens is 333 g/mol. The van der Waals surface area contributed by atoms with Crippen LogP contribution in [-0.4, -0.2) is 53.3 Å². The minimum Gasteiger partial charge on any atom is -0.406 e. The number of aromatic amines is 1. The van der Waals surface area contributed by atoms with E-state index in [0.717, 1.165) is 30.0 Å². The molecule has 0 aliphatic rings. The van der Waals surface area contributed by atoms with Crippen molar-refractivity contribution < 1.29 is 17.9 Å². The van der Waals surface area contributed by atoms with Crippen LogP contribution in [0, 0.1) is 6.92 Å². The van der Waals surface area contributed by atoms with E-state index in [1.165, 1.54) is 12.1 Å². The number of ether oxygens (including phenoxy) is 1. The number of aromatic nitrogens is 2. The van der Waals surface area contributed by atoms with Crippen LogP contribution in [0.25, 0.3) is 0 Å². The lowest BCUT2D eigenvalue weighted by molar-refractivity contribution is -0.274. The van der Waals surface area contributed by atoms with Gasteiger partial charge in [-0.1, -0.05) is 12.1 Å². The maximum absolute atomic E-state index is 12.4. The van der Waals surface area contributed by atoms with E-state index in [4.69, 9.17) is 0 Å². The quantitative estimate of drug-likeness (QED) is 0.789. The van der Waals surface area contributed by atoms with Crippen molar-refractivity contribution in [3.63, 3.8) is 0 Å². The fraction of sp³-hybridized carbons (Fsp3) is 0.471. The van der Waals surface area contributed by atoms with Gasteiger partial charge >= 0.3 is 6.36 Å². The largest absolute Gasteiger partial charge is 0.573 e. The summed E-state index contributed by atoms with van der Waals surface area (Å²) in [4.78, 5) is 11.6. The predicted octanol–water partition coefficient (Wildman–Crippen LogP) is 3.18. The van der Waals surface area contributed by atoms with Crippen LogP contribution in [0.5, 0.6) is 5.75 Å². The van der Waals surface area contributed by atoms with Crippen LogP contribution in [0.15, 0.2) is 30.6 Å². The minimum absolute atomic E-state index is 0.200. The highest BCUT2D eigenvalue weighted by molar-refractivity contribution is 5.28. The average molecular weight is 356 g/mol. The summed E-state index contributed by atoms with van der Waals surface area (Å²) >= 11 is 0. The molecule has 0 aliphatic heterocycles. The Bertz CT molecular complexity index is 670. The van der Waals surface area contributed by atoms with E-state index in [9.17, 15) is 13.2 Å². The topological polar surface area (TPSA) is 44.4 Å². The van der Waals surface area contributed by atoms with E-state index < -0.39 is 6.36 Å². The van der Waals surface area contributed by atoms with Crippen molar-refractivity contribution in [3.05, 3.63) is 47.5 Å². The third kappa shape index (κ3) is 6.75. The molecule has 1 N–H and O–H groups in total. The van der Waals surface area contributed by atoms with Gasteiger partial charge in [-0.05, 0) is 38.7 Å². The monoisotopic (exact) mass is 356 g/mol. The number of nitrogens with one attached hydrogen (secondary N) is 1. The van der Waals surface area contributed by atoms with Crippen LogP contribution in [0.4, 0.5) is 13.2 Å². The van der Waals surface area contributed by atoms with Crippen molar-refractivity contribution in [1.82, 2.24) is 19.8 Å². The van der Waals surface area contributed by atoms with Crippen molar-refractivity contribution in [1.29, 1.82) is 0 Å². The first-order valence-corrected chi connectivity index (χ1v) is 7.93. The molecule has 25 heavy (non-hydrogen) atoms. The number of H-pyrrole nitrogens is 1. The Kier molecular flexibility index (Phi) is 6.44. The van der Waals surface area contributed by atoms with E-state index in [0.29, 0.717) is 13.1 Å². The number of hydrogen-bond donors (Lipinski definition) is 1. The Morgan fingerprint density at radius 2 is 1.92 bits per heavy atom. The Morgan fingerprint density at radius 3 is 2.52 bits per heavy atom. The van der Waals surface area contributed by atoms with Crippen LogP contribution < -0.4 is 4.74 Å². The fourth-order valence-corrected chi connectivity index (χ4v) is 2.41. The van der Waals surface area contributed by atoms with Crippen molar-refractivity contribution in [2.45, 2.75) is 26.4 Å². The summed E-state index contributed by atoms with van der Waals surface area (Å²) in [5, 5.41) is 0.